The van der Waals surface area contributed by atoms with Gasteiger partial charge in [0, 0.05) is 42.1 Å². The molecule has 0 amide bonds. The number of fused-ring (bicyclic) bond motifs is 3. The lowest BCUT2D eigenvalue weighted by Gasteiger charge is -2.25. The van der Waals surface area contributed by atoms with Gasteiger partial charge in [-0.05, 0) is 69.8 Å². The molecule has 2 aliphatic rings. The van der Waals surface area contributed by atoms with Crippen LogP contribution in [0.1, 0.15) is 49.0 Å². The molecule has 1 saturated heterocycles. The first-order chi connectivity index (χ1) is 11.2. The molecule has 3 heteroatoms. The van der Waals surface area contributed by atoms with Gasteiger partial charge in [0.2, 0.25) is 0 Å². The molecular weight excluding hydrogens is 282 g/mol. The second-order valence-electron chi connectivity index (χ2n) is 7.46. The fraction of sp³-hybridized carbons (Fsp3) is 0.600. The number of aryl methyl sites for hydroxylation is 2. The van der Waals surface area contributed by atoms with Gasteiger partial charge >= 0.3 is 0 Å². The Balaban J connectivity index is 1.70. The van der Waals surface area contributed by atoms with E-state index < -0.39 is 0 Å². The highest BCUT2D eigenvalue weighted by Crippen LogP contribution is 2.35. The normalized spacial score (nSPS) is 24.8. The first-order valence-electron chi connectivity index (χ1n) is 9.30. The quantitative estimate of drug-likeness (QED) is 0.908. The molecule has 3 heterocycles. The fourth-order valence-electron chi connectivity index (χ4n) is 4.55. The van der Waals surface area contributed by atoms with E-state index in [1.54, 1.807) is 11.3 Å². The van der Waals surface area contributed by atoms with Crippen LogP contribution in [-0.2, 0) is 13.0 Å². The highest BCUT2D eigenvalue weighted by atomic mass is 15.0. The van der Waals surface area contributed by atoms with Crippen molar-refractivity contribution in [2.75, 3.05) is 19.6 Å². The lowest BCUT2D eigenvalue weighted by Crippen LogP contribution is -2.31. The zero-order valence-electron chi connectivity index (χ0n) is 14.5. The Bertz CT molecular complexity index is 694. The minimum absolute atomic E-state index is 0.473. The molecule has 2 aromatic rings. The van der Waals surface area contributed by atoms with E-state index in [1.165, 1.54) is 55.4 Å². The Morgan fingerprint density at radius 2 is 2.17 bits per heavy atom. The molecule has 3 nitrogen and oxygen atoms in total. The van der Waals surface area contributed by atoms with Gasteiger partial charge in [-0.15, -0.1) is 0 Å². The van der Waals surface area contributed by atoms with Gasteiger partial charge in [0.05, 0.1) is 0 Å². The van der Waals surface area contributed by atoms with Crippen LogP contribution >= 0.6 is 0 Å². The van der Waals surface area contributed by atoms with Crippen molar-refractivity contribution in [2.45, 2.75) is 52.1 Å². The van der Waals surface area contributed by atoms with Crippen molar-refractivity contribution >= 4 is 10.9 Å². The van der Waals surface area contributed by atoms with E-state index in [-0.39, 0.29) is 0 Å². The van der Waals surface area contributed by atoms with E-state index in [0.29, 0.717) is 6.04 Å². The van der Waals surface area contributed by atoms with Crippen molar-refractivity contribution in [2.24, 2.45) is 5.92 Å². The standard InChI is InChI=1S/C20H29N3/c1-14-5-6-18-17(12-14)20-15(2)22-10-7-19(20)23(18)11-8-16-4-3-9-21-13-16/h5-6,12,15-16,21-22H,3-4,7-11,13H2,1-2H3. The maximum atomic E-state index is 3.65. The largest absolute Gasteiger partial charge is 0.344 e. The van der Waals surface area contributed by atoms with E-state index in [9.17, 15) is 0 Å². The number of rotatable bonds is 3. The smallest absolute Gasteiger partial charge is 0.0486 e. The van der Waals surface area contributed by atoms with Gasteiger partial charge in [-0.1, -0.05) is 11.6 Å². The summed E-state index contributed by atoms with van der Waals surface area (Å²) in [5, 5.41) is 8.68. The third-order valence-electron chi connectivity index (χ3n) is 5.77. The molecule has 1 aromatic carbocycles. The lowest BCUT2D eigenvalue weighted by atomic mass is 9.96. The summed E-state index contributed by atoms with van der Waals surface area (Å²) in [5.74, 6) is 0.849. The topological polar surface area (TPSA) is 29.0 Å². The number of piperidine rings is 1. The number of hydrogen-bond acceptors (Lipinski definition) is 2. The van der Waals surface area contributed by atoms with Crippen LogP contribution in [0.2, 0.25) is 0 Å². The maximum absolute atomic E-state index is 3.65. The summed E-state index contributed by atoms with van der Waals surface area (Å²) in [6, 6.07) is 7.47. The third-order valence-corrected chi connectivity index (χ3v) is 5.77. The van der Waals surface area contributed by atoms with E-state index in [2.05, 4.69) is 47.2 Å². The van der Waals surface area contributed by atoms with Gasteiger partial charge in [-0.2, -0.15) is 0 Å². The van der Waals surface area contributed by atoms with Crippen molar-refractivity contribution in [3.63, 3.8) is 0 Å². The van der Waals surface area contributed by atoms with Gasteiger partial charge in [-0.3, -0.25) is 0 Å². The van der Waals surface area contributed by atoms with E-state index >= 15 is 0 Å². The van der Waals surface area contributed by atoms with Crippen LogP contribution in [-0.4, -0.2) is 24.2 Å². The minimum Gasteiger partial charge on any atom is -0.344 e. The molecule has 4 rings (SSSR count). The Morgan fingerprint density at radius 3 is 3.00 bits per heavy atom. The molecule has 0 aliphatic carbocycles. The Labute approximate surface area is 139 Å². The monoisotopic (exact) mass is 311 g/mol. The predicted octanol–water partition coefficient (Wildman–Crippen LogP) is 3.55. The summed E-state index contributed by atoms with van der Waals surface area (Å²) in [6.45, 7) is 9.22. The van der Waals surface area contributed by atoms with E-state index in [1.807, 2.05) is 0 Å². The summed E-state index contributed by atoms with van der Waals surface area (Å²) in [6.07, 6.45) is 5.20. The first-order valence-corrected chi connectivity index (χ1v) is 9.30. The summed E-state index contributed by atoms with van der Waals surface area (Å²) in [7, 11) is 0. The summed E-state index contributed by atoms with van der Waals surface area (Å²) in [5.41, 5.74) is 5.95. The second-order valence-corrected chi connectivity index (χ2v) is 7.46. The molecule has 0 radical (unpaired) electrons. The number of nitrogens with zero attached hydrogens (tertiary/aromatic N) is 1. The maximum Gasteiger partial charge on any atom is 0.0486 e. The first kappa shape index (κ1) is 15.2. The minimum atomic E-state index is 0.473. The molecule has 23 heavy (non-hydrogen) atoms. The van der Waals surface area contributed by atoms with Crippen LogP contribution in [0.3, 0.4) is 0 Å². The number of hydrogen-bond donors (Lipinski definition) is 2. The Kier molecular flexibility index (Phi) is 4.16. The van der Waals surface area contributed by atoms with Crippen molar-refractivity contribution in [3.8, 4) is 0 Å². The number of nitrogens with one attached hydrogen (secondary N) is 2. The highest BCUT2D eigenvalue weighted by molar-refractivity contribution is 5.87. The van der Waals surface area contributed by atoms with Crippen LogP contribution < -0.4 is 10.6 Å². The zero-order chi connectivity index (χ0) is 15.8. The van der Waals surface area contributed by atoms with Crippen LogP contribution in [0.15, 0.2) is 18.2 Å². The van der Waals surface area contributed by atoms with Crippen molar-refractivity contribution in [1.82, 2.24) is 15.2 Å². The van der Waals surface area contributed by atoms with Gasteiger partial charge < -0.3 is 15.2 Å². The third kappa shape index (κ3) is 2.81. The fourth-order valence-corrected chi connectivity index (χ4v) is 4.55. The van der Waals surface area contributed by atoms with E-state index in [0.717, 1.165) is 18.9 Å². The molecule has 1 fully saturated rings. The van der Waals surface area contributed by atoms with Gasteiger partial charge in [0.25, 0.3) is 0 Å². The molecule has 0 spiro atoms. The molecule has 2 N–H and O–H groups in total. The molecule has 1 aromatic heterocycles. The second kappa shape index (κ2) is 6.29. The molecule has 2 aliphatic heterocycles. The van der Waals surface area contributed by atoms with Crippen molar-refractivity contribution in [3.05, 3.63) is 35.0 Å². The van der Waals surface area contributed by atoms with Gasteiger partial charge in [-0.25, -0.2) is 0 Å². The zero-order valence-corrected chi connectivity index (χ0v) is 14.5. The number of benzene rings is 1. The molecule has 0 bridgehead atoms. The molecule has 0 saturated carbocycles. The highest BCUT2D eigenvalue weighted by Gasteiger charge is 2.25. The number of aromatic nitrogens is 1. The molecule has 2 atom stereocenters. The summed E-state index contributed by atoms with van der Waals surface area (Å²) in [4.78, 5) is 0. The molecule has 2 unspecified atom stereocenters. The average molecular weight is 311 g/mol. The van der Waals surface area contributed by atoms with Crippen molar-refractivity contribution in [1.29, 1.82) is 0 Å². The lowest BCUT2D eigenvalue weighted by molar-refractivity contribution is 0.341. The average Bonchev–Trinajstić information content (AvgIpc) is 2.88. The van der Waals surface area contributed by atoms with Crippen molar-refractivity contribution < 1.29 is 0 Å². The van der Waals surface area contributed by atoms with Crippen LogP contribution in [0, 0.1) is 12.8 Å². The molecular formula is C20H29N3. The van der Waals surface area contributed by atoms with Crippen LogP contribution in [0.5, 0.6) is 0 Å². The van der Waals surface area contributed by atoms with Crippen LogP contribution in [0.25, 0.3) is 10.9 Å². The SMILES string of the molecule is Cc1ccc2c(c1)c1c(n2CCC2CCCNC2)CCNC1C. The van der Waals surface area contributed by atoms with Gasteiger partial charge in [0.15, 0.2) is 0 Å². The summed E-state index contributed by atoms with van der Waals surface area (Å²) >= 11 is 0. The predicted molar refractivity (Wildman–Crippen MR) is 97.0 cm³/mol. The van der Waals surface area contributed by atoms with E-state index in [4.69, 9.17) is 0 Å². The Hall–Kier alpha value is -1.32. The Morgan fingerprint density at radius 1 is 1.26 bits per heavy atom. The molecule has 124 valence electrons. The van der Waals surface area contributed by atoms with Crippen LogP contribution in [0.4, 0.5) is 0 Å². The van der Waals surface area contributed by atoms with Gasteiger partial charge in [0.1, 0.15) is 0 Å². The summed E-state index contributed by atoms with van der Waals surface area (Å²) < 4.78 is 2.63.